The van der Waals surface area contributed by atoms with Crippen molar-refractivity contribution < 1.29 is 31.8 Å². The van der Waals surface area contributed by atoms with Gasteiger partial charge < -0.3 is 15.3 Å². The summed E-state index contributed by atoms with van der Waals surface area (Å²) >= 11 is 0. The highest BCUT2D eigenvalue weighted by atomic mass is 19.3. The normalized spacial score (nSPS) is 20.1. The molecule has 4 rings (SSSR count). The Morgan fingerprint density at radius 2 is 1.94 bits per heavy atom. The number of nitrogens with zero attached hydrogens (tertiary/aromatic N) is 3. The summed E-state index contributed by atoms with van der Waals surface area (Å²) in [5, 5.41) is 13.9. The minimum absolute atomic E-state index is 0.0684. The minimum Gasteiger partial charge on any atom is -0.619 e. The van der Waals surface area contributed by atoms with Crippen LogP contribution in [0.5, 0.6) is 11.6 Å². The summed E-state index contributed by atoms with van der Waals surface area (Å²) < 4.78 is 61.7. The number of benzene rings is 1. The molecule has 3 aromatic rings. The third-order valence-electron chi connectivity index (χ3n) is 6.24. The molecule has 7 nitrogen and oxygen atoms in total. The average molecular weight is 490 g/mol. The maximum absolute atomic E-state index is 14.6. The number of hydrogen-bond donors (Lipinski definition) is 1. The lowest BCUT2D eigenvalue weighted by Crippen LogP contribution is -2.38. The van der Waals surface area contributed by atoms with E-state index in [1.807, 2.05) is 0 Å². The number of alkyl halides is 2. The molecule has 0 aliphatic heterocycles. The number of amides is 1. The first-order valence-electron chi connectivity index (χ1n) is 10.9. The topological polar surface area (TPSA) is 91.0 Å². The molecule has 11 heteroatoms. The molecule has 0 radical (unpaired) electrons. The highest BCUT2D eigenvalue weighted by Crippen LogP contribution is 2.48. The van der Waals surface area contributed by atoms with Gasteiger partial charge in [-0.1, -0.05) is 6.92 Å². The second kappa shape index (κ2) is 9.85. The van der Waals surface area contributed by atoms with Crippen molar-refractivity contribution in [1.82, 2.24) is 9.97 Å². The summed E-state index contributed by atoms with van der Waals surface area (Å²) in [6, 6.07) is 5.58. The Hall–Kier alpha value is -3.76. The van der Waals surface area contributed by atoms with Crippen LogP contribution in [-0.2, 0) is 4.79 Å². The van der Waals surface area contributed by atoms with Crippen molar-refractivity contribution in [3.63, 3.8) is 0 Å². The fourth-order valence-electron chi connectivity index (χ4n) is 4.19. The van der Waals surface area contributed by atoms with Crippen LogP contribution in [0.3, 0.4) is 0 Å². The Bertz CT molecular complexity index is 1190. The number of carbonyl (C=O) groups excluding carboxylic acids is 1. The average Bonchev–Trinajstić information content (AvgIpc) is 2.82. The fourth-order valence-corrected chi connectivity index (χ4v) is 4.19. The summed E-state index contributed by atoms with van der Waals surface area (Å²) in [7, 11) is 0. The molecular weight excluding hydrogens is 468 g/mol. The largest absolute Gasteiger partial charge is 0.619 e. The first-order chi connectivity index (χ1) is 16.6. The van der Waals surface area contributed by atoms with Gasteiger partial charge in [0, 0.05) is 36.5 Å². The molecule has 2 aromatic heterocycles. The van der Waals surface area contributed by atoms with Crippen molar-refractivity contribution >= 4 is 11.7 Å². The van der Waals surface area contributed by atoms with Gasteiger partial charge in [-0.2, -0.15) is 4.73 Å². The van der Waals surface area contributed by atoms with E-state index in [4.69, 9.17) is 4.74 Å². The molecule has 35 heavy (non-hydrogen) atoms. The number of carbonyl (C=O) groups is 1. The van der Waals surface area contributed by atoms with Crippen LogP contribution in [0.4, 0.5) is 23.4 Å². The predicted molar refractivity (Wildman–Crippen MR) is 117 cm³/mol. The number of hydrogen-bond acceptors (Lipinski definition) is 5. The summed E-state index contributed by atoms with van der Waals surface area (Å²) in [6.45, 7) is 1.67. The van der Waals surface area contributed by atoms with Crippen molar-refractivity contribution in [2.45, 2.75) is 38.0 Å². The van der Waals surface area contributed by atoms with Crippen LogP contribution in [0.15, 0.2) is 55.1 Å². The Balaban J connectivity index is 1.39. The standard InChI is InChI=1S/C24H22F4N4O3/c1-14(16-4-7-24(27,28)18(10-16)15-5-8-32(34)9-6-15)23(33)31-21-12-30-22(13-29-21)35-20-3-2-17(25)11-19(20)26/h2-3,5-6,8-9,11-14,16,18H,4,7,10H2,1H3,(H,29,31,33)/t14?,16-,18+/m0/s1. The molecule has 1 N–H and O–H groups in total. The molecule has 1 fully saturated rings. The molecule has 0 saturated heterocycles. The van der Waals surface area contributed by atoms with E-state index in [9.17, 15) is 27.6 Å². The molecular formula is C24H22F4N4O3. The van der Waals surface area contributed by atoms with Crippen molar-refractivity contribution in [1.29, 1.82) is 0 Å². The predicted octanol–water partition coefficient (Wildman–Crippen LogP) is 4.97. The second-order valence-electron chi connectivity index (χ2n) is 8.53. The molecule has 1 amide bonds. The first kappa shape index (κ1) is 24.4. The zero-order valence-electron chi connectivity index (χ0n) is 18.6. The quantitative estimate of drug-likeness (QED) is 0.299. The zero-order valence-corrected chi connectivity index (χ0v) is 18.6. The highest BCUT2D eigenvalue weighted by molar-refractivity contribution is 5.91. The number of anilines is 1. The smallest absolute Gasteiger partial charge is 0.254 e. The molecule has 1 aliphatic rings. The van der Waals surface area contributed by atoms with Gasteiger partial charge in [0.25, 0.3) is 5.92 Å². The monoisotopic (exact) mass is 490 g/mol. The molecule has 1 aromatic carbocycles. The second-order valence-corrected chi connectivity index (χ2v) is 8.53. The van der Waals surface area contributed by atoms with Gasteiger partial charge in [0.2, 0.25) is 11.8 Å². The van der Waals surface area contributed by atoms with Gasteiger partial charge >= 0.3 is 0 Å². The van der Waals surface area contributed by atoms with Crippen LogP contribution in [0, 0.1) is 28.7 Å². The summed E-state index contributed by atoms with van der Waals surface area (Å²) in [4.78, 5) is 20.8. The third kappa shape index (κ3) is 5.67. The van der Waals surface area contributed by atoms with Gasteiger partial charge in [0.05, 0.1) is 12.4 Å². The van der Waals surface area contributed by atoms with E-state index in [-0.39, 0.29) is 42.6 Å². The molecule has 184 valence electrons. The lowest BCUT2D eigenvalue weighted by molar-refractivity contribution is -0.605. The lowest BCUT2D eigenvalue weighted by atomic mass is 9.71. The number of nitrogens with one attached hydrogen (secondary N) is 1. The van der Waals surface area contributed by atoms with E-state index in [2.05, 4.69) is 15.3 Å². The summed E-state index contributed by atoms with van der Waals surface area (Å²) in [5.74, 6) is -7.19. The van der Waals surface area contributed by atoms with Gasteiger partial charge in [-0.15, -0.1) is 0 Å². The number of pyridine rings is 1. The Morgan fingerprint density at radius 1 is 1.20 bits per heavy atom. The van der Waals surface area contributed by atoms with Gasteiger partial charge in [-0.05, 0) is 36.5 Å². The van der Waals surface area contributed by atoms with Crippen LogP contribution in [0.1, 0.15) is 37.7 Å². The van der Waals surface area contributed by atoms with E-state index >= 15 is 0 Å². The van der Waals surface area contributed by atoms with Crippen molar-refractivity contribution in [2.24, 2.45) is 11.8 Å². The van der Waals surface area contributed by atoms with E-state index in [0.717, 1.165) is 18.3 Å². The molecule has 3 atom stereocenters. The number of rotatable bonds is 6. The Morgan fingerprint density at radius 3 is 2.60 bits per heavy atom. The van der Waals surface area contributed by atoms with Crippen molar-refractivity contribution in [2.75, 3.05) is 5.32 Å². The van der Waals surface area contributed by atoms with Crippen LogP contribution in [0.25, 0.3) is 0 Å². The number of halogens is 4. The molecule has 2 heterocycles. The molecule has 0 spiro atoms. The SMILES string of the molecule is CC(C(=O)Nc1cnc(Oc2ccc(F)cc2F)cn1)[C@H]1CCC(F)(F)[C@@H](c2cc[n+]([O-])cc2)C1. The Labute approximate surface area is 198 Å². The minimum atomic E-state index is -2.94. The van der Waals surface area contributed by atoms with Gasteiger partial charge in [-0.25, -0.2) is 27.5 Å². The van der Waals surface area contributed by atoms with E-state index < -0.39 is 35.3 Å². The van der Waals surface area contributed by atoms with Gasteiger partial charge in [0.1, 0.15) is 5.82 Å². The van der Waals surface area contributed by atoms with E-state index in [0.29, 0.717) is 16.4 Å². The number of aromatic nitrogens is 3. The van der Waals surface area contributed by atoms with Crippen LogP contribution < -0.4 is 14.8 Å². The van der Waals surface area contributed by atoms with Crippen LogP contribution in [0.2, 0.25) is 0 Å². The Kier molecular flexibility index (Phi) is 6.86. The first-order valence-corrected chi connectivity index (χ1v) is 10.9. The third-order valence-corrected chi connectivity index (χ3v) is 6.24. The number of ether oxygens (including phenoxy) is 1. The van der Waals surface area contributed by atoms with Crippen LogP contribution >= 0.6 is 0 Å². The molecule has 0 bridgehead atoms. The molecule has 1 aliphatic carbocycles. The summed E-state index contributed by atoms with van der Waals surface area (Å²) in [6.07, 6.45) is 4.64. The lowest BCUT2D eigenvalue weighted by Gasteiger charge is -2.38. The van der Waals surface area contributed by atoms with Gasteiger partial charge in [-0.3, -0.25) is 4.79 Å². The fraction of sp³-hybridized carbons (Fsp3) is 0.333. The molecule has 1 unspecified atom stereocenters. The van der Waals surface area contributed by atoms with Crippen molar-refractivity contribution in [3.05, 3.63) is 77.5 Å². The summed E-state index contributed by atoms with van der Waals surface area (Å²) in [5.41, 5.74) is 0.360. The molecule has 1 saturated carbocycles. The van der Waals surface area contributed by atoms with E-state index in [1.165, 1.54) is 30.7 Å². The van der Waals surface area contributed by atoms with Crippen LogP contribution in [-0.4, -0.2) is 21.8 Å². The maximum Gasteiger partial charge on any atom is 0.254 e. The highest BCUT2D eigenvalue weighted by Gasteiger charge is 2.47. The van der Waals surface area contributed by atoms with Gasteiger partial charge in [0.15, 0.2) is 29.8 Å². The van der Waals surface area contributed by atoms with E-state index in [1.54, 1.807) is 6.92 Å². The zero-order chi connectivity index (χ0) is 25.2. The maximum atomic E-state index is 14.6. The van der Waals surface area contributed by atoms with Crippen molar-refractivity contribution in [3.8, 4) is 11.6 Å².